The Hall–Kier alpha value is -1.44. The van der Waals surface area contributed by atoms with E-state index in [2.05, 4.69) is 10.0 Å². The highest BCUT2D eigenvalue weighted by Crippen LogP contribution is 2.14. The normalized spacial score (nSPS) is 12.9. The second-order valence-corrected chi connectivity index (χ2v) is 6.15. The minimum Gasteiger partial charge on any atom is -0.375 e. The molecule has 0 bridgehead atoms. The summed E-state index contributed by atoms with van der Waals surface area (Å²) in [6.07, 6.45) is 0.713. The maximum absolute atomic E-state index is 12.0. The van der Waals surface area contributed by atoms with Gasteiger partial charge in [-0.2, -0.15) is 0 Å². The van der Waals surface area contributed by atoms with Gasteiger partial charge in [0.05, 0.1) is 4.90 Å². The highest BCUT2D eigenvalue weighted by molar-refractivity contribution is 7.89. The van der Waals surface area contributed by atoms with Crippen LogP contribution in [0.3, 0.4) is 0 Å². The molecule has 1 aromatic rings. The summed E-state index contributed by atoms with van der Waals surface area (Å²) in [5.74, 6) is -0.291. The van der Waals surface area contributed by atoms with Crippen LogP contribution in [0.15, 0.2) is 29.2 Å². The fourth-order valence-corrected chi connectivity index (χ4v) is 2.79. The molecule has 1 atom stereocenters. The van der Waals surface area contributed by atoms with E-state index in [1.54, 1.807) is 19.1 Å². The van der Waals surface area contributed by atoms with Gasteiger partial charge in [-0.3, -0.25) is 4.79 Å². The molecule has 1 rings (SSSR count). The lowest BCUT2D eigenvalue weighted by molar-refractivity contribution is -0.119. The molecular weight excluding hydrogens is 280 g/mol. The van der Waals surface area contributed by atoms with E-state index in [-0.39, 0.29) is 23.5 Å². The van der Waals surface area contributed by atoms with Gasteiger partial charge < -0.3 is 10.1 Å². The summed E-state index contributed by atoms with van der Waals surface area (Å²) in [6.45, 7) is 3.66. The lowest BCUT2D eigenvalue weighted by atomic mass is 10.3. The molecule has 0 fully saturated rings. The highest BCUT2D eigenvalue weighted by Gasteiger charge is 2.16. The van der Waals surface area contributed by atoms with E-state index in [1.165, 1.54) is 19.2 Å². The molecule has 2 N–H and O–H groups in total. The average Bonchev–Trinajstić information content (AvgIpc) is 2.39. The van der Waals surface area contributed by atoms with Gasteiger partial charge in [-0.15, -0.1) is 0 Å². The molecule has 1 amide bonds. The third-order valence-electron chi connectivity index (χ3n) is 2.69. The summed E-state index contributed by atoms with van der Waals surface area (Å²) in [5, 5.41) is 2.59. The fourth-order valence-electron chi connectivity index (χ4n) is 1.46. The van der Waals surface area contributed by atoms with Crippen LogP contribution in [-0.4, -0.2) is 34.1 Å². The van der Waals surface area contributed by atoms with Gasteiger partial charge in [-0.1, -0.05) is 6.92 Å². The number of anilines is 1. The minimum absolute atomic E-state index is 0.0460. The molecule has 6 nitrogen and oxygen atoms in total. The van der Waals surface area contributed by atoms with Crippen LogP contribution in [0.4, 0.5) is 5.69 Å². The summed E-state index contributed by atoms with van der Waals surface area (Å²) < 4.78 is 31.3. The van der Waals surface area contributed by atoms with E-state index in [0.717, 1.165) is 0 Å². The van der Waals surface area contributed by atoms with E-state index < -0.39 is 10.0 Å². The molecule has 0 aromatic heterocycles. The third kappa shape index (κ3) is 4.92. The molecule has 0 aliphatic carbocycles. The Morgan fingerprint density at radius 2 is 1.90 bits per heavy atom. The van der Waals surface area contributed by atoms with Gasteiger partial charge in [0.1, 0.15) is 6.61 Å². The Bertz CT molecular complexity index is 540. The summed E-state index contributed by atoms with van der Waals surface area (Å²) >= 11 is 0. The number of carbonyl (C=O) groups is 1. The standard InChI is InChI=1S/C13H20N2O4S/c1-4-10(2)15-20(17,18)12-7-5-11(6-8-12)14-13(16)9-19-3/h5-8,10,15H,4,9H2,1-3H3,(H,14,16). The predicted molar refractivity (Wildman–Crippen MR) is 77.0 cm³/mol. The largest absolute Gasteiger partial charge is 0.375 e. The van der Waals surface area contributed by atoms with Crippen molar-refractivity contribution in [1.82, 2.24) is 4.72 Å². The number of methoxy groups -OCH3 is 1. The van der Waals surface area contributed by atoms with Crippen molar-refractivity contribution < 1.29 is 17.9 Å². The van der Waals surface area contributed by atoms with Crippen molar-refractivity contribution in [3.05, 3.63) is 24.3 Å². The Morgan fingerprint density at radius 1 is 1.30 bits per heavy atom. The van der Waals surface area contributed by atoms with Gasteiger partial charge in [0.15, 0.2) is 0 Å². The zero-order valence-corrected chi connectivity index (χ0v) is 12.7. The number of nitrogens with one attached hydrogen (secondary N) is 2. The second-order valence-electron chi connectivity index (χ2n) is 4.44. The van der Waals surface area contributed by atoms with Crippen LogP contribution in [0.25, 0.3) is 0 Å². The van der Waals surface area contributed by atoms with Crippen LogP contribution in [-0.2, 0) is 19.6 Å². The zero-order valence-electron chi connectivity index (χ0n) is 11.8. The van der Waals surface area contributed by atoms with Crippen LogP contribution in [0.5, 0.6) is 0 Å². The molecule has 1 unspecified atom stereocenters. The third-order valence-corrected chi connectivity index (χ3v) is 4.30. The molecular formula is C13H20N2O4S. The minimum atomic E-state index is -3.51. The predicted octanol–water partition coefficient (Wildman–Crippen LogP) is 1.35. The van der Waals surface area contributed by atoms with E-state index in [4.69, 9.17) is 4.74 Å². The maximum Gasteiger partial charge on any atom is 0.250 e. The number of hydrogen-bond acceptors (Lipinski definition) is 4. The van der Waals surface area contributed by atoms with Crippen molar-refractivity contribution >= 4 is 21.6 Å². The van der Waals surface area contributed by atoms with Crippen molar-refractivity contribution in [2.24, 2.45) is 0 Å². The molecule has 0 saturated heterocycles. The van der Waals surface area contributed by atoms with Crippen molar-refractivity contribution in [2.75, 3.05) is 19.0 Å². The smallest absolute Gasteiger partial charge is 0.250 e. The van der Waals surface area contributed by atoms with Crippen LogP contribution in [0, 0.1) is 0 Å². The molecule has 7 heteroatoms. The van der Waals surface area contributed by atoms with Crippen molar-refractivity contribution in [2.45, 2.75) is 31.2 Å². The Balaban J connectivity index is 2.78. The molecule has 20 heavy (non-hydrogen) atoms. The van der Waals surface area contributed by atoms with Crippen molar-refractivity contribution in [1.29, 1.82) is 0 Å². The first-order chi connectivity index (χ1) is 9.39. The number of benzene rings is 1. The van der Waals surface area contributed by atoms with Gasteiger partial charge >= 0.3 is 0 Å². The summed E-state index contributed by atoms with van der Waals surface area (Å²) in [6, 6.07) is 5.86. The molecule has 0 heterocycles. The van der Waals surface area contributed by atoms with E-state index in [1.807, 2.05) is 6.92 Å². The first kappa shape index (κ1) is 16.6. The van der Waals surface area contributed by atoms with Gasteiger partial charge in [0, 0.05) is 18.8 Å². The van der Waals surface area contributed by atoms with E-state index >= 15 is 0 Å². The van der Waals surface area contributed by atoms with Gasteiger partial charge in [-0.05, 0) is 37.6 Å². The fraction of sp³-hybridized carbons (Fsp3) is 0.462. The van der Waals surface area contributed by atoms with E-state index in [0.29, 0.717) is 12.1 Å². The molecule has 0 aliphatic rings. The van der Waals surface area contributed by atoms with Crippen LogP contribution in [0.1, 0.15) is 20.3 Å². The Morgan fingerprint density at radius 3 is 2.40 bits per heavy atom. The molecule has 0 saturated carbocycles. The quantitative estimate of drug-likeness (QED) is 0.796. The topological polar surface area (TPSA) is 84.5 Å². The van der Waals surface area contributed by atoms with Crippen molar-refractivity contribution in [3.63, 3.8) is 0 Å². The first-order valence-electron chi connectivity index (χ1n) is 6.30. The van der Waals surface area contributed by atoms with Gasteiger partial charge in [-0.25, -0.2) is 13.1 Å². The number of amides is 1. The zero-order chi connectivity index (χ0) is 15.2. The van der Waals surface area contributed by atoms with Gasteiger partial charge in [0.25, 0.3) is 0 Å². The first-order valence-corrected chi connectivity index (χ1v) is 7.78. The van der Waals surface area contributed by atoms with Crippen LogP contribution in [0.2, 0.25) is 0 Å². The molecule has 1 aromatic carbocycles. The van der Waals surface area contributed by atoms with Crippen molar-refractivity contribution in [3.8, 4) is 0 Å². The number of sulfonamides is 1. The molecule has 112 valence electrons. The number of rotatable bonds is 7. The maximum atomic E-state index is 12.0. The van der Waals surface area contributed by atoms with E-state index in [9.17, 15) is 13.2 Å². The summed E-state index contributed by atoms with van der Waals surface area (Å²) in [5.41, 5.74) is 0.523. The van der Waals surface area contributed by atoms with Crippen LogP contribution < -0.4 is 10.0 Å². The second kappa shape index (κ2) is 7.37. The number of hydrogen-bond donors (Lipinski definition) is 2. The highest BCUT2D eigenvalue weighted by atomic mass is 32.2. The monoisotopic (exact) mass is 300 g/mol. The summed E-state index contributed by atoms with van der Waals surface area (Å²) in [4.78, 5) is 11.5. The SMILES string of the molecule is CCC(C)NS(=O)(=O)c1ccc(NC(=O)COC)cc1. The molecule has 0 radical (unpaired) electrons. The average molecular weight is 300 g/mol. The Labute approximate surface area is 119 Å². The molecule has 0 aliphatic heterocycles. The lowest BCUT2D eigenvalue weighted by Crippen LogP contribution is -2.31. The van der Waals surface area contributed by atoms with Gasteiger partial charge in [0.2, 0.25) is 15.9 Å². The number of ether oxygens (including phenoxy) is 1. The summed E-state index contributed by atoms with van der Waals surface area (Å²) in [7, 11) is -2.09. The van der Waals surface area contributed by atoms with Crippen LogP contribution >= 0.6 is 0 Å². The number of carbonyl (C=O) groups excluding carboxylic acids is 1. The Kier molecular flexibility index (Phi) is 6.12. The molecule has 0 spiro atoms. The lowest BCUT2D eigenvalue weighted by Gasteiger charge is -2.12.